The monoisotopic (exact) mass is 215 g/mol. The van der Waals surface area contributed by atoms with Gasteiger partial charge >= 0.3 is 0 Å². The van der Waals surface area contributed by atoms with Crippen LogP contribution in [-0.4, -0.2) is 0 Å². The topological polar surface area (TPSA) is 26.0 Å². The van der Waals surface area contributed by atoms with Gasteiger partial charge in [-0.25, -0.2) is 13.2 Å². The molecule has 0 spiro atoms. The fraction of sp³-hybridized carbons (Fsp3) is 0.273. The Labute approximate surface area is 86.4 Å². The molecule has 0 heterocycles. The molecule has 1 nitrogen and oxygen atoms in total. The molecular weight excluding hydrogens is 203 g/mol. The van der Waals surface area contributed by atoms with Gasteiger partial charge in [-0.1, -0.05) is 5.57 Å². The van der Waals surface area contributed by atoms with Crippen molar-refractivity contribution in [2.75, 3.05) is 0 Å². The number of halogens is 3. The summed E-state index contributed by atoms with van der Waals surface area (Å²) in [5, 5.41) is 0. The van der Waals surface area contributed by atoms with Crippen molar-refractivity contribution in [3.05, 3.63) is 47.3 Å². The van der Waals surface area contributed by atoms with Gasteiger partial charge < -0.3 is 5.73 Å². The summed E-state index contributed by atoms with van der Waals surface area (Å²) >= 11 is 0. The molecule has 0 saturated carbocycles. The summed E-state index contributed by atoms with van der Waals surface area (Å²) in [5.74, 6) is -3.15. The molecule has 0 radical (unpaired) electrons. The van der Waals surface area contributed by atoms with Gasteiger partial charge in [-0.3, -0.25) is 0 Å². The Morgan fingerprint density at radius 1 is 1.40 bits per heavy atom. The minimum absolute atomic E-state index is 0.157. The highest BCUT2D eigenvalue weighted by molar-refractivity contribution is 5.24. The summed E-state index contributed by atoms with van der Waals surface area (Å²) in [4.78, 5) is 0. The smallest absolute Gasteiger partial charge is 0.163 e. The van der Waals surface area contributed by atoms with Gasteiger partial charge in [-0.15, -0.1) is 6.58 Å². The average Bonchev–Trinajstić information content (AvgIpc) is 2.09. The molecule has 0 fully saturated rings. The molecule has 0 aliphatic heterocycles. The Hall–Kier alpha value is -1.29. The molecule has 4 heteroatoms. The second-order valence-corrected chi connectivity index (χ2v) is 3.56. The summed E-state index contributed by atoms with van der Waals surface area (Å²) in [6, 6.07) is 0.630. The van der Waals surface area contributed by atoms with E-state index in [1.54, 1.807) is 6.92 Å². The molecule has 0 aromatic heterocycles. The Balaban J connectivity index is 3.07. The van der Waals surface area contributed by atoms with E-state index in [1.807, 2.05) is 0 Å². The summed E-state index contributed by atoms with van der Waals surface area (Å²) in [6.07, 6.45) is 0.291. The molecule has 82 valence electrons. The zero-order valence-corrected chi connectivity index (χ0v) is 8.36. The predicted octanol–water partition coefficient (Wildman–Crippen LogP) is 3.07. The predicted molar refractivity (Wildman–Crippen MR) is 52.7 cm³/mol. The SMILES string of the molecule is C=C(C)C[C@@H](N)c1cc(F)cc(F)c1F. The number of nitrogens with two attached hydrogens (primary N) is 1. The summed E-state index contributed by atoms with van der Waals surface area (Å²) < 4.78 is 38.9. The third kappa shape index (κ3) is 2.83. The Morgan fingerprint density at radius 3 is 2.53 bits per heavy atom. The molecule has 1 aromatic rings. The molecule has 1 atom stereocenters. The van der Waals surface area contributed by atoms with Crippen molar-refractivity contribution in [2.24, 2.45) is 5.73 Å². The fourth-order valence-electron chi connectivity index (χ4n) is 1.33. The van der Waals surface area contributed by atoms with Gasteiger partial charge in [0.25, 0.3) is 0 Å². The molecule has 0 unspecified atom stereocenters. The Bertz CT molecular complexity index is 388. The van der Waals surface area contributed by atoms with Gasteiger partial charge in [0.05, 0.1) is 0 Å². The second kappa shape index (κ2) is 4.49. The van der Waals surface area contributed by atoms with Gasteiger partial charge in [0.2, 0.25) is 0 Å². The third-order valence-electron chi connectivity index (χ3n) is 1.99. The lowest BCUT2D eigenvalue weighted by molar-refractivity contribution is 0.474. The van der Waals surface area contributed by atoms with E-state index < -0.39 is 23.5 Å². The van der Waals surface area contributed by atoms with Crippen molar-refractivity contribution in [3.63, 3.8) is 0 Å². The van der Waals surface area contributed by atoms with E-state index in [2.05, 4.69) is 6.58 Å². The maximum Gasteiger partial charge on any atom is 0.163 e. The first-order chi connectivity index (χ1) is 6.91. The van der Waals surface area contributed by atoms with Gasteiger partial charge in [0, 0.05) is 17.7 Å². The first kappa shape index (κ1) is 11.8. The van der Waals surface area contributed by atoms with Crippen LogP contribution in [0.3, 0.4) is 0 Å². The highest BCUT2D eigenvalue weighted by Gasteiger charge is 2.16. The third-order valence-corrected chi connectivity index (χ3v) is 1.99. The minimum atomic E-state index is -1.22. The van der Waals surface area contributed by atoms with Crippen LogP contribution in [0.1, 0.15) is 24.9 Å². The van der Waals surface area contributed by atoms with E-state index in [0.29, 0.717) is 12.5 Å². The van der Waals surface area contributed by atoms with E-state index >= 15 is 0 Å². The highest BCUT2D eigenvalue weighted by atomic mass is 19.2. The van der Waals surface area contributed by atoms with Crippen LogP contribution in [0.5, 0.6) is 0 Å². The van der Waals surface area contributed by atoms with E-state index in [-0.39, 0.29) is 5.56 Å². The molecule has 0 bridgehead atoms. The van der Waals surface area contributed by atoms with Crippen LogP contribution >= 0.6 is 0 Å². The summed E-state index contributed by atoms with van der Waals surface area (Å²) in [6.45, 7) is 5.32. The van der Waals surface area contributed by atoms with Crippen LogP contribution in [0.2, 0.25) is 0 Å². The molecule has 15 heavy (non-hydrogen) atoms. The average molecular weight is 215 g/mol. The lowest BCUT2D eigenvalue weighted by Crippen LogP contribution is -2.13. The van der Waals surface area contributed by atoms with Crippen molar-refractivity contribution in [3.8, 4) is 0 Å². The van der Waals surface area contributed by atoms with Crippen LogP contribution in [0, 0.1) is 17.5 Å². The lowest BCUT2D eigenvalue weighted by Gasteiger charge is -2.13. The van der Waals surface area contributed by atoms with Crippen LogP contribution in [0.25, 0.3) is 0 Å². The normalized spacial score (nSPS) is 12.6. The van der Waals surface area contributed by atoms with E-state index in [4.69, 9.17) is 5.73 Å². The number of benzene rings is 1. The minimum Gasteiger partial charge on any atom is -0.324 e. The maximum atomic E-state index is 13.2. The molecule has 0 aliphatic rings. The van der Waals surface area contributed by atoms with E-state index in [9.17, 15) is 13.2 Å². The van der Waals surface area contributed by atoms with Crippen LogP contribution in [0.15, 0.2) is 24.3 Å². The zero-order valence-electron chi connectivity index (χ0n) is 8.36. The zero-order chi connectivity index (χ0) is 11.6. The molecule has 0 aliphatic carbocycles. The maximum absolute atomic E-state index is 13.2. The van der Waals surface area contributed by atoms with Crippen LogP contribution < -0.4 is 5.73 Å². The number of hydrogen-bond donors (Lipinski definition) is 1. The lowest BCUT2D eigenvalue weighted by atomic mass is 10.0. The van der Waals surface area contributed by atoms with Gasteiger partial charge in [0.15, 0.2) is 11.6 Å². The van der Waals surface area contributed by atoms with Crippen molar-refractivity contribution < 1.29 is 13.2 Å². The molecular formula is C11H12F3N. The molecule has 0 amide bonds. The summed E-state index contributed by atoms with van der Waals surface area (Å²) in [5.41, 5.74) is 6.17. The molecule has 1 rings (SSSR count). The Kier molecular flexibility index (Phi) is 3.52. The molecule has 0 saturated heterocycles. The van der Waals surface area contributed by atoms with Crippen molar-refractivity contribution in [2.45, 2.75) is 19.4 Å². The van der Waals surface area contributed by atoms with Gasteiger partial charge in [-0.2, -0.15) is 0 Å². The first-order valence-corrected chi connectivity index (χ1v) is 4.46. The molecule has 2 N–H and O–H groups in total. The van der Waals surface area contributed by atoms with Crippen LogP contribution in [0.4, 0.5) is 13.2 Å². The Morgan fingerprint density at radius 2 is 2.00 bits per heavy atom. The van der Waals surface area contributed by atoms with Gasteiger partial charge in [-0.05, 0) is 19.4 Å². The summed E-state index contributed by atoms with van der Waals surface area (Å²) in [7, 11) is 0. The number of hydrogen-bond acceptors (Lipinski definition) is 1. The molecule has 1 aromatic carbocycles. The van der Waals surface area contributed by atoms with E-state index in [0.717, 1.165) is 11.6 Å². The highest BCUT2D eigenvalue weighted by Crippen LogP contribution is 2.23. The van der Waals surface area contributed by atoms with Gasteiger partial charge in [0.1, 0.15) is 5.82 Å². The van der Waals surface area contributed by atoms with Crippen LogP contribution in [-0.2, 0) is 0 Å². The largest absolute Gasteiger partial charge is 0.324 e. The van der Waals surface area contributed by atoms with Crippen molar-refractivity contribution in [1.29, 1.82) is 0 Å². The first-order valence-electron chi connectivity index (χ1n) is 4.46. The number of rotatable bonds is 3. The second-order valence-electron chi connectivity index (χ2n) is 3.56. The fourth-order valence-corrected chi connectivity index (χ4v) is 1.33. The van der Waals surface area contributed by atoms with E-state index in [1.165, 1.54) is 0 Å². The van der Waals surface area contributed by atoms with Crippen molar-refractivity contribution >= 4 is 0 Å². The standard InChI is InChI=1S/C11H12F3N/c1-6(2)3-10(15)8-4-7(12)5-9(13)11(8)14/h4-5,10H,1,3,15H2,2H3/t10-/m1/s1. The van der Waals surface area contributed by atoms with Crippen molar-refractivity contribution in [1.82, 2.24) is 0 Å². The quantitative estimate of drug-likeness (QED) is 0.608.